The summed E-state index contributed by atoms with van der Waals surface area (Å²) in [4.78, 5) is 0. The molecule has 0 aliphatic heterocycles. The molecule has 0 radical (unpaired) electrons. The molecule has 0 aromatic rings. The molecule has 2 nitrogen and oxygen atoms in total. The number of methoxy groups -OCH3 is 1. The maximum absolute atomic E-state index is 5.27. The average Bonchev–Trinajstić information content (AvgIpc) is 3.11. The molecular weight excluding hydrogens is 390 g/mol. The number of hydrogen-bond donors (Lipinski definition) is 1. The Morgan fingerprint density at radius 3 is 2.38 bits per heavy atom. The van der Waals surface area contributed by atoms with Crippen molar-refractivity contribution in [3.63, 3.8) is 0 Å². The summed E-state index contributed by atoms with van der Waals surface area (Å²) in [7, 11) is 1.82. The molecule has 0 bridgehead atoms. The summed E-state index contributed by atoms with van der Waals surface area (Å²) in [6.07, 6.45) is 17.8. The van der Waals surface area contributed by atoms with Crippen molar-refractivity contribution in [2.24, 2.45) is 52.3 Å². The highest BCUT2D eigenvalue weighted by atomic mass is 16.5. The Morgan fingerprint density at radius 1 is 0.875 bits per heavy atom. The summed E-state index contributed by atoms with van der Waals surface area (Å²) in [6.45, 7) is 14.7. The molecule has 186 valence electrons. The van der Waals surface area contributed by atoms with Crippen LogP contribution >= 0.6 is 0 Å². The molecule has 32 heavy (non-hydrogen) atoms. The molecular formula is C30H55NO. The van der Waals surface area contributed by atoms with Crippen LogP contribution in [0.1, 0.15) is 112 Å². The Kier molecular flexibility index (Phi) is 8.03. The third kappa shape index (κ3) is 4.71. The molecule has 0 aromatic heterocycles. The van der Waals surface area contributed by atoms with Crippen LogP contribution in [0.5, 0.6) is 0 Å². The van der Waals surface area contributed by atoms with Crippen LogP contribution in [0, 0.1) is 52.3 Å². The maximum Gasteiger partial charge on any atom is 0.0587 e. The van der Waals surface area contributed by atoms with Gasteiger partial charge in [0, 0.05) is 19.7 Å². The summed E-state index contributed by atoms with van der Waals surface area (Å²) < 4.78 is 5.27. The van der Waals surface area contributed by atoms with Gasteiger partial charge in [-0.05, 0) is 110 Å². The van der Waals surface area contributed by atoms with Crippen LogP contribution in [-0.4, -0.2) is 26.3 Å². The van der Waals surface area contributed by atoms with Crippen LogP contribution in [0.25, 0.3) is 0 Å². The van der Waals surface area contributed by atoms with Crippen molar-refractivity contribution >= 4 is 0 Å². The normalized spacial score (nSPS) is 44.7. The van der Waals surface area contributed by atoms with Crippen molar-refractivity contribution < 1.29 is 4.74 Å². The Morgan fingerprint density at radius 2 is 1.62 bits per heavy atom. The minimum atomic E-state index is 0.616. The second-order valence-electron chi connectivity index (χ2n) is 13.6. The molecule has 0 saturated heterocycles. The second kappa shape index (κ2) is 10.3. The second-order valence-corrected chi connectivity index (χ2v) is 13.6. The smallest absolute Gasteiger partial charge is 0.0587 e. The highest BCUT2D eigenvalue weighted by Gasteiger charge is 2.60. The van der Waals surface area contributed by atoms with Gasteiger partial charge in [0.1, 0.15) is 0 Å². The average molecular weight is 446 g/mol. The molecule has 0 aromatic carbocycles. The molecule has 0 heterocycles. The lowest BCUT2D eigenvalue weighted by Crippen LogP contribution is -2.55. The van der Waals surface area contributed by atoms with Gasteiger partial charge in [0.05, 0.1) is 6.61 Å². The fraction of sp³-hybridized carbons (Fsp3) is 1.00. The minimum Gasteiger partial charge on any atom is -0.383 e. The van der Waals surface area contributed by atoms with E-state index in [0.29, 0.717) is 10.8 Å². The van der Waals surface area contributed by atoms with E-state index >= 15 is 0 Å². The zero-order valence-electron chi connectivity index (χ0n) is 22.4. The molecule has 4 aliphatic rings. The lowest BCUT2D eigenvalue weighted by molar-refractivity contribution is -0.118. The quantitative estimate of drug-likeness (QED) is 0.367. The first-order valence-corrected chi connectivity index (χ1v) is 14.5. The third-order valence-electron chi connectivity index (χ3n) is 11.6. The molecule has 2 heteroatoms. The fourth-order valence-electron chi connectivity index (χ4n) is 9.83. The van der Waals surface area contributed by atoms with E-state index < -0.39 is 0 Å². The van der Waals surface area contributed by atoms with Gasteiger partial charge in [-0.1, -0.05) is 53.9 Å². The Bertz CT molecular complexity index is 604. The lowest BCUT2D eigenvalue weighted by atomic mass is 9.44. The molecule has 4 fully saturated rings. The molecule has 0 spiro atoms. The van der Waals surface area contributed by atoms with Crippen molar-refractivity contribution in [1.82, 2.24) is 5.32 Å². The van der Waals surface area contributed by atoms with Crippen LogP contribution in [0.4, 0.5) is 0 Å². The van der Waals surface area contributed by atoms with Crippen LogP contribution < -0.4 is 5.32 Å². The number of fused-ring (bicyclic) bond motifs is 5. The van der Waals surface area contributed by atoms with Crippen LogP contribution in [-0.2, 0) is 4.74 Å². The third-order valence-corrected chi connectivity index (χ3v) is 11.6. The Labute approximate surface area is 200 Å². The molecule has 1 N–H and O–H groups in total. The number of nitrogens with one attached hydrogen (secondary N) is 1. The van der Waals surface area contributed by atoms with Gasteiger partial charge in [0.2, 0.25) is 0 Å². The summed E-state index contributed by atoms with van der Waals surface area (Å²) in [5.74, 6) is 6.80. The van der Waals surface area contributed by atoms with Gasteiger partial charge in [0.25, 0.3) is 0 Å². The number of ether oxygens (including phenoxy) is 1. The molecule has 4 saturated carbocycles. The van der Waals surface area contributed by atoms with Crippen molar-refractivity contribution in [2.45, 2.75) is 118 Å². The predicted octanol–water partition coefficient (Wildman–Crippen LogP) is 7.71. The highest BCUT2D eigenvalue weighted by molar-refractivity contribution is 5.10. The van der Waals surface area contributed by atoms with Crippen molar-refractivity contribution in [1.29, 1.82) is 0 Å². The minimum absolute atomic E-state index is 0.616. The van der Waals surface area contributed by atoms with Gasteiger partial charge in [-0.2, -0.15) is 0 Å². The topological polar surface area (TPSA) is 21.3 Å². The zero-order chi connectivity index (χ0) is 22.9. The van der Waals surface area contributed by atoms with E-state index in [-0.39, 0.29) is 0 Å². The summed E-state index contributed by atoms with van der Waals surface area (Å²) >= 11 is 0. The number of hydrogen-bond acceptors (Lipinski definition) is 2. The number of rotatable bonds is 9. The molecule has 9 unspecified atom stereocenters. The van der Waals surface area contributed by atoms with E-state index in [1.807, 2.05) is 7.11 Å². The van der Waals surface area contributed by atoms with Crippen molar-refractivity contribution in [3.05, 3.63) is 0 Å². The predicted molar refractivity (Wildman–Crippen MR) is 137 cm³/mol. The maximum atomic E-state index is 5.27. The van der Waals surface area contributed by atoms with Crippen molar-refractivity contribution in [3.8, 4) is 0 Å². The first-order valence-electron chi connectivity index (χ1n) is 14.5. The van der Waals surface area contributed by atoms with Gasteiger partial charge < -0.3 is 10.1 Å². The van der Waals surface area contributed by atoms with Gasteiger partial charge >= 0.3 is 0 Å². The monoisotopic (exact) mass is 445 g/mol. The van der Waals surface area contributed by atoms with E-state index in [1.54, 1.807) is 6.42 Å². The fourth-order valence-corrected chi connectivity index (χ4v) is 9.83. The van der Waals surface area contributed by atoms with E-state index in [4.69, 9.17) is 4.74 Å². The highest BCUT2D eigenvalue weighted by Crippen LogP contribution is 2.68. The summed E-state index contributed by atoms with van der Waals surface area (Å²) in [6, 6.07) is 0.733. The summed E-state index contributed by atoms with van der Waals surface area (Å²) in [5, 5.41) is 3.80. The standard InChI is InChI=1S/C30H55NO/c1-21(2)8-7-9-22(3)26-12-13-27-25-11-10-23-20-24(31-18-19-32-6)14-16-29(23,4)28(25)15-17-30(26,27)5/h21-28,31H,7-20H2,1-6H3. The van der Waals surface area contributed by atoms with E-state index in [9.17, 15) is 0 Å². The first-order chi connectivity index (χ1) is 15.3. The largest absolute Gasteiger partial charge is 0.383 e. The summed E-state index contributed by atoms with van der Waals surface area (Å²) in [5.41, 5.74) is 1.26. The first kappa shape index (κ1) is 25.0. The van der Waals surface area contributed by atoms with Crippen molar-refractivity contribution in [2.75, 3.05) is 20.3 Å². The van der Waals surface area contributed by atoms with Gasteiger partial charge in [0.15, 0.2) is 0 Å². The molecule has 0 amide bonds. The zero-order valence-corrected chi connectivity index (χ0v) is 22.4. The molecule has 4 aliphatic carbocycles. The van der Waals surface area contributed by atoms with Gasteiger partial charge in [-0.3, -0.25) is 0 Å². The van der Waals surface area contributed by atoms with Crippen LogP contribution in [0.3, 0.4) is 0 Å². The van der Waals surface area contributed by atoms with Crippen LogP contribution in [0.2, 0.25) is 0 Å². The van der Waals surface area contributed by atoms with E-state index in [2.05, 4.69) is 39.9 Å². The molecule has 9 atom stereocenters. The van der Waals surface area contributed by atoms with Gasteiger partial charge in [-0.25, -0.2) is 0 Å². The van der Waals surface area contributed by atoms with Gasteiger partial charge in [-0.15, -0.1) is 0 Å². The van der Waals surface area contributed by atoms with Crippen LogP contribution in [0.15, 0.2) is 0 Å². The van der Waals surface area contributed by atoms with E-state index in [0.717, 1.165) is 60.6 Å². The Hall–Kier alpha value is -0.0800. The lowest BCUT2D eigenvalue weighted by Gasteiger charge is -2.61. The van der Waals surface area contributed by atoms with E-state index in [1.165, 1.54) is 70.6 Å². The molecule has 4 rings (SSSR count). The SMILES string of the molecule is COCCNC1CCC2(C)C(CCC3C2CCC2(C)C(C(C)CCCC(C)C)CCC32)C1. The Balaban J connectivity index is 1.39.